The molecular weight excluding hydrogens is 329 g/mol. The molecule has 0 spiro atoms. The van der Waals surface area contributed by atoms with Crippen LogP contribution in [-0.4, -0.2) is 26.5 Å². The van der Waals surface area contributed by atoms with E-state index in [1.807, 2.05) is 43.3 Å². The van der Waals surface area contributed by atoms with E-state index < -0.39 is 17.6 Å². The van der Waals surface area contributed by atoms with Crippen LogP contribution in [0.2, 0.25) is 0 Å². The predicted molar refractivity (Wildman–Crippen MR) is 91.4 cm³/mol. The molecule has 130 valence electrons. The highest BCUT2D eigenvalue weighted by Crippen LogP contribution is 2.29. The third-order valence-electron chi connectivity index (χ3n) is 3.41. The molecule has 0 saturated carbocycles. The number of anilines is 1. The molecule has 0 saturated heterocycles. The molecule has 3 nitrogen and oxygen atoms in total. The minimum Gasteiger partial charge on any atom is -0.378 e. The lowest BCUT2D eigenvalue weighted by molar-refractivity contribution is -0.137. The first-order valence-electron chi connectivity index (χ1n) is 7.49. The van der Waals surface area contributed by atoms with Crippen LogP contribution in [0.4, 0.5) is 18.9 Å². The summed E-state index contributed by atoms with van der Waals surface area (Å²) in [7, 11) is 3.87. The van der Waals surface area contributed by atoms with Crippen molar-refractivity contribution in [1.82, 2.24) is 5.32 Å². The summed E-state index contributed by atoms with van der Waals surface area (Å²) in [4.78, 5) is 13.9. The van der Waals surface area contributed by atoms with Gasteiger partial charge in [0.05, 0.1) is 12.1 Å². The Kier molecular flexibility index (Phi) is 5.71. The first-order valence-corrected chi connectivity index (χ1v) is 7.49. The van der Waals surface area contributed by atoms with E-state index in [1.54, 1.807) is 0 Å². The van der Waals surface area contributed by atoms with E-state index in [4.69, 9.17) is 0 Å². The number of benzene rings is 2. The molecular formula is C19H17F3N2O. The number of amides is 1. The highest BCUT2D eigenvalue weighted by Gasteiger charge is 2.30. The maximum absolute atomic E-state index is 12.6. The van der Waals surface area contributed by atoms with Crippen LogP contribution in [0.1, 0.15) is 21.5 Å². The van der Waals surface area contributed by atoms with Crippen LogP contribution in [0.15, 0.2) is 48.5 Å². The Bertz CT molecular complexity index is 800. The number of rotatable bonds is 3. The van der Waals surface area contributed by atoms with Gasteiger partial charge in [-0.15, -0.1) is 0 Å². The molecule has 0 radical (unpaired) electrons. The quantitative estimate of drug-likeness (QED) is 0.862. The van der Waals surface area contributed by atoms with Gasteiger partial charge in [-0.2, -0.15) is 13.2 Å². The van der Waals surface area contributed by atoms with Gasteiger partial charge in [0.2, 0.25) is 0 Å². The van der Waals surface area contributed by atoms with Crippen LogP contribution in [0.3, 0.4) is 0 Å². The standard InChI is InChI=1S/C19H17F3N2O/c1-24(2)17-10-8-14(9-11-17)5-4-12-23-18(25)15-6-3-7-16(13-15)19(20,21)22/h3,6-11,13H,12H2,1-2H3,(H,23,25). The van der Waals surface area contributed by atoms with Crippen LogP contribution in [0.25, 0.3) is 0 Å². The molecule has 0 aliphatic heterocycles. The summed E-state index contributed by atoms with van der Waals surface area (Å²) < 4.78 is 37.9. The van der Waals surface area contributed by atoms with Crippen molar-refractivity contribution >= 4 is 11.6 Å². The van der Waals surface area contributed by atoms with Crippen molar-refractivity contribution in [2.45, 2.75) is 6.18 Å². The van der Waals surface area contributed by atoms with E-state index in [-0.39, 0.29) is 12.1 Å². The Morgan fingerprint density at radius 2 is 1.80 bits per heavy atom. The fraction of sp³-hybridized carbons (Fsp3) is 0.211. The summed E-state index contributed by atoms with van der Waals surface area (Å²) in [6.07, 6.45) is -4.48. The summed E-state index contributed by atoms with van der Waals surface area (Å²) >= 11 is 0. The highest BCUT2D eigenvalue weighted by molar-refractivity contribution is 5.94. The average molecular weight is 346 g/mol. The van der Waals surface area contributed by atoms with E-state index >= 15 is 0 Å². The van der Waals surface area contributed by atoms with Gasteiger partial charge in [0.25, 0.3) is 5.91 Å². The van der Waals surface area contributed by atoms with Gasteiger partial charge in [-0.3, -0.25) is 4.79 Å². The molecule has 0 heterocycles. The number of carbonyl (C=O) groups excluding carboxylic acids is 1. The lowest BCUT2D eigenvalue weighted by Crippen LogP contribution is -2.24. The summed E-state index contributed by atoms with van der Waals surface area (Å²) in [5.74, 6) is 5.07. The molecule has 2 aromatic rings. The van der Waals surface area contributed by atoms with E-state index in [0.29, 0.717) is 0 Å². The van der Waals surface area contributed by atoms with Gasteiger partial charge in [0.1, 0.15) is 0 Å². The molecule has 0 aromatic heterocycles. The molecule has 0 fully saturated rings. The van der Waals surface area contributed by atoms with Gasteiger partial charge < -0.3 is 10.2 Å². The van der Waals surface area contributed by atoms with Crippen LogP contribution in [-0.2, 0) is 6.18 Å². The molecule has 1 amide bonds. The largest absolute Gasteiger partial charge is 0.416 e. The van der Waals surface area contributed by atoms with Gasteiger partial charge in [0.15, 0.2) is 0 Å². The number of carbonyl (C=O) groups is 1. The van der Waals surface area contributed by atoms with E-state index in [1.165, 1.54) is 12.1 Å². The van der Waals surface area contributed by atoms with Crippen molar-refractivity contribution in [2.75, 3.05) is 25.5 Å². The SMILES string of the molecule is CN(C)c1ccc(C#CCNC(=O)c2cccc(C(F)(F)F)c2)cc1. The molecule has 0 aliphatic carbocycles. The summed E-state index contributed by atoms with van der Waals surface area (Å²) in [6, 6.07) is 11.8. The summed E-state index contributed by atoms with van der Waals surface area (Å²) in [5, 5.41) is 2.49. The highest BCUT2D eigenvalue weighted by atomic mass is 19.4. The average Bonchev–Trinajstić information content (AvgIpc) is 2.58. The third kappa shape index (κ3) is 5.28. The Morgan fingerprint density at radius 3 is 2.40 bits per heavy atom. The van der Waals surface area contributed by atoms with Gasteiger partial charge in [-0.05, 0) is 42.5 Å². The van der Waals surface area contributed by atoms with Crippen molar-refractivity contribution in [2.24, 2.45) is 0 Å². The molecule has 2 aromatic carbocycles. The Hall–Kier alpha value is -2.94. The van der Waals surface area contributed by atoms with Gasteiger partial charge in [-0.25, -0.2) is 0 Å². The maximum Gasteiger partial charge on any atom is 0.416 e. The molecule has 0 atom stereocenters. The second-order valence-corrected chi connectivity index (χ2v) is 5.50. The molecule has 1 N–H and O–H groups in total. The van der Waals surface area contributed by atoms with Crippen molar-refractivity contribution < 1.29 is 18.0 Å². The number of nitrogens with zero attached hydrogens (tertiary/aromatic N) is 1. The molecule has 0 bridgehead atoms. The van der Waals surface area contributed by atoms with Crippen LogP contribution in [0.5, 0.6) is 0 Å². The van der Waals surface area contributed by atoms with Crippen molar-refractivity contribution in [3.63, 3.8) is 0 Å². The number of hydrogen-bond donors (Lipinski definition) is 1. The van der Waals surface area contributed by atoms with Crippen molar-refractivity contribution in [1.29, 1.82) is 0 Å². The van der Waals surface area contributed by atoms with Crippen LogP contribution in [0, 0.1) is 11.8 Å². The van der Waals surface area contributed by atoms with E-state index in [9.17, 15) is 18.0 Å². The van der Waals surface area contributed by atoms with E-state index in [0.717, 1.165) is 23.4 Å². The van der Waals surface area contributed by atoms with E-state index in [2.05, 4.69) is 17.2 Å². The number of nitrogens with one attached hydrogen (secondary N) is 1. The number of halogens is 3. The zero-order valence-electron chi connectivity index (χ0n) is 13.8. The third-order valence-corrected chi connectivity index (χ3v) is 3.41. The summed E-state index contributed by atoms with van der Waals surface area (Å²) in [6.45, 7) is 0.0461. The zero-order chi connectivity index (χ0) is 18.4. The van der Waals surface area contributed by atoms with Gasteiger partial charge >= 0.3 is 6.18 Å². The Balaban J connectivity index is 1.95. The normalized spacial score (nSPS) is 10.6. The minimum atomic E-state index is -4.48. The zero-order valence-corrected chi connectivity index (χ0v) is 13.8. The monoisotopic (exact) mass is 346 g/mol. The Morgan fingerprint density at radius 1 is 1.12 bits per heavy atom. The second kappa shape index (κ2) is 7.75. The predicted octanol–water partition coefficient (Wildman–Crippen LogP) is 3.55. The molecule has 2 rings (SSSR count). The number of hydrogen-bond acceptors (Lipinski definition) is 2. The van der Waals surface area contributed by atoms with Crippen LogP contribution >= 0.6 is 0 Å². The van der Waals surface area contributed by atoms with Crippen molar-refractivity contribution in [3.8, 4) is 11.8 Å². The lowest BCUT2D eigenvalue weighted by Gasteiger charge is -2.11. The number of alkyl halides is 3. The fourth-order valence-corrected chi connectivity index (χ4v) is 2.05. The second-order valence-electron chi connectivity index (χ2n) is 5.50. The smallest absolute Gasteiger partial charge is 0.378 e. The lowest BCUT2D eigenvalue weighted by atomic mass is 10.1. The molecule has 6 heteroatoms. The van der Waals surface area contributed by atoms with Gasteiger partial charge in [-0.1, -0.05) is 17.9 Å². The molecule has 25 heavy (non-hydrogen) atoms. The maximum atomic E-state index is 12.6. The molecule has 0 unspecified atom stereocenters. The van der Waals surface area contributed by atoms with Crippen LogP contribution < -0.4 is 10.2 Å². The topological polar surface area (TPSA) is 32.3 Å². The first kappa shape index (κ1) is 18.4. The first-order chi connectivity index (χ1) is 11.8. The van der Waals surface area contributed by atoms with Crippen molar-refractivity contribution in [3.05, 3.63) is 65.2 Å². The molecule has 0 aliphatic rings. The Labute approximate surface area is 144 Å². The fourth-order valence-electron chi connectivity index (χ4n) is 2.05. The van der Waals surface area contributed by atoms with Gasteiger partial charge in [0, 0.05) is 30.9 Å². The summed E-state index contributed by atoms with van der Waals surface area (Å²) in [5.41, 5.74) is 0.932. The minimum absolute atomic E-state index is 0.0461.